The van der Waals surface area contributed by atoms with Crippen molar-refractivity contribution in [3.05, 3.63) is 40.5 Å². The third-order valence-electron chi connectivity index (χ3n) is 7.47. The third-order valence-corrected chi connectivity index (χ3v) is 8.92. The first kappa shape index (κ1) is 18.1. The number of carbonyl (C=O) groups excluding carboxylic acids is 1. The third kappa shape index (κ3) is 2.90. The van der Waals surface area contributed by atoms with E-state index in [1.807, 2.05) is 24.3 Å². The van der Waals surface area contributed by atoms with Crippen molar-refractivity contribution in [3.8, 4) is 5.69 Å². The number of carbonyl (C=O) groups is 1. The zero-order chi connectivity index (χ0) is 19.8. The van der Waals surface area contributed by atoms with Crippen LogP contribution in [0, 0.1) is 23.2 Å². The molecule has 29 heavy (non-hydrogen) atoms. The summed E-state index contributed by atoms with van der Waals surface area (Å²) in [6.45, 7) is 0. The van der Waals surface area contributed by atoms with Gasteiger partial charge in [0.05, 0.1) is 28.3 Å². The highest BCUT2D eigenvalue weighted by molar-refractivity contribution is 7.83. The summed E-state index contributed by atoms with van der Waals surface area (Å²) in [4.78, 5) is 13.6. The van der Waals surface area contributed by atoms with Gasteiger partial charge in [0.1, 0.15) is 5.82 Å². The smallest absolute Gasteiger partial charge is 0.231 e. The van der Waals surface area contributed by atoms with Gasteiger partial charge in [-0.05, 0) is 74.5 Å². The predicted octanol–water partition coefficient (Wildman–Crippen LogP) is 4.44. The lowest BCUT2D eigenvalue weighted by Gasteiger charge is -2.55. The molecule has 0 radical (unpaired) electrons. The average Bonchev–Trinajstić information content (AvgIpc) is 3.17. The van der Waals surface area contributed by atoms with E-state index in [1.54, 1.807) is 4.68 Å². The van der Waals surface area contributed by atoms with E-state index in [4.69, 9.17) is 16.7 Å². The number of nitrogens with one attached hydrogen (secondary N) is 1. The first-order valence-corrected chi connectivity index (χ1v) is 12.4. The number of hydrogen-bond acceptors (Lipinski definition) is 3. The summed E-state index contributed by atoms with van der Waals surface area (Å²) < 4.78 is 13.9. The van der Waals surface area contributed by atoms with Crippen LogP contribution >= 0.6 is 11.6 Å². The van der Waals surface area contributed by atoms with Crippen molar-refractivity contribution in [1.82, 2.24) is 9.78 Å². The van der Waals surface area contributed by atoms with Crippen molar-refractivity contribution >= 4 is 34.1 Å². The van der Waals surface area contributed by atoms with E-state index in [9.17, 15) is 9.00 Å². The summed E-state index contributed by atoms with van der Waals surface area (Å²) in [7, 11) is -0.946. The highest BCUT2D eigenvalue weighted by Gasteiger charge is 2.54. The van der Waals surface area contributed by atoms with Crippen molar-refractivity contribution in [2.24, 2.45) is 23.2 Å². The number of anilines is 1. The molecule has 1 amide bonds. The highest BCUT2D eigenvalue weighted by atomic mass is 35.5. The van der Waals surface area contributed by atoms with Crippen LogP contribution in [0.25, 0.3) is 5.69 Å². The summed E-state index contributed by atoms with van der Waals surface area (Å²) in [5, 5.41) is 8.60. The minimum absolute atomic E-state index is 0.139. The molecule has 0 spiro atoms. The average molecular weight is 430 g/mol. The first-order chi connectivity index (χ1) is 14.0. The molecule has 0 saturated heterocycles. The van der Waals surface area contributed by atoms with Gasteiger partial charge in [0.2, 0.25) is 5.91 Å². The summed E-state index contributed by atoms with van der Waals surface area (Å²) in [5.41, 5.74) is 2.33. The van der Waals surface area contributed by atoms with E-state index in [0.29, 0.717) is 40.1 Å². The van der Waals surface area contributed by atoms with Gasteiger partial charge in [0, 0.05) is 21.4 Å². The van der Waals surface area contributed by atoms with Crippen LogP contribution in [0.3, 0.4) is 0 Å². The molecule has 1 aromatic heterocycles. The SMILES string of the molecule is O=C(Nc1c2c(nn1-c1cccc(Cl)c1)CS(=O)C2)C12CC3CC(CC(C3)C1)C2. The molecule has 1 N–H and O–H groups in total. The lowest BCUT2D eigenvalue weighted by atomic mass is 9.49. The zero-order valence-corrected chi connectivity index (χ0v) is 17.8. The fraction of sp³-hybridized carbons (Fsp3) is 0.545. The fourth-order valence-corrected chi connectivity index (χ4v) is 8.13. The topological polar surface area (TPSA) is 64.0 Å². The predicted molar refractivity (Wildman–Crippen MR) is 113 cm³/mol. The standard InChI is InChI=1S/C22H24ClN3O2S/c23-16-2-1-3-17(7-16)26-20(18-11-29(28)12-19(18)25-26)24-21(27)22-8-13-4-14(9-22)6-15(5-13)10-22/h1-3,7,13-15H,4-6,8-12H2,(H,24,27). The van der Waals surface area contributed by atoms with E-state index in [0.717, 1.165) is 36.2 Å². The van der Waals surface area contributed by atoms with Crippen molar-refractivity contribution in [3.63, 3.8) is 0 Å². The molecule has 1 unspecified atom stereocenters. The number of hydrogen-bond donors (Lipinski definition) is 1. The molecular formula is C22H24ClN3O2S. The lowest BCUT2D eigenvalue weighted by Crippen LogP contribution is -2.52. The lowest BCUT2D eigenvalue weighted by molar-refractivity contribution is -0.140. The first-order valence-electron chi connectivity index (χ1n) is 10.5. The monoisotopic (exact) mass is 429 g/mol. The molecule has 4 saturated carbocycles. The number of amides is 1. The summed E-state index contributed by atoms with van der Waals surface area (Å²) >= 11 is 6.20. The van der Waals surface area contributed by atoms with Crippen molar-refractivity contribution in [2.75, 3.05) is 5.32 Å². The van der Waals surface area contributed by atoms with E-state index < -0.39 is 10.8 Å². The Morgan fingerprint density at radius 1 is 1.14 bits per heavy atom. The Hall–Kier alpha value is -1.66. The largest absolute Gasteiger partial charge is 0.310 e. The Bertz CT molecular complexity index is 1010. The van der Waals surface area contributed by atoms with Crippen LogP contribution < -0.4 is 5.32 Å². The normalized spacial score (nSPS) is 34.4. The maximum absolute atomic E-state index is 13.6. The van der Waals surface area contributed by atoms with Gasteiger partial charge in [0.15, 0.2) is 0 Å². The number of halogens is 1. The Morgan fingerprint density at radius 3 is 2.48 bits per heavy atom. The summed E-state index contributed by atoms with van der Waals surface area (Å²) in [6.07, 6.45) is 6.98. The van der Waals surface area contributed by atoms with Crippen LogP contribution in [0.2, 0.25) is 5.02 Å². The van der Waals surface area contributed by atoms with Gasteiger partial charge in [-0.15, -0.1) is 0 Å². The van der Waals surface area contributed by atoms with Crippen molar-refractivity contribution < 1.29 is 9.00 Å². The minimum Gasteiger partial charge on any atom is -0.310 e. The van der Waals surface area contributed by atoms with Crippen molar-refractivity contribution in [2.45, 2.75) is 50.0 Å². The molecule has 2 heterocycles. The second-order valence-electron chi connectivity index (χ2n) is 9.55. The summed E-state index contributed by atoms with van der Waals surface area (Å²) in [6, 6.07) is 7.49. The van der Waals surface area contributed by atoms with Crippen LogP contribution in [0.4, 0.5) is 5.82 Å². The van der Waals surface area contributed by atoms with Gasteiger partial charge in [-0.2, -0.15) is 5.10 Å². The van der Waals surface area contributed by atoms with Crippen LogP contribution in [-0.2, 0) is 27.1 Å². The minimum atomic E-state index is -0.946. The van der Waals surface area contributed by atoms with Gasteiger partial charge in [-0.1, -0.05) is 17.7 Å². The number of nitrogens with zero attached hydrogens (tertiary/aromatic N) is 2. The van der Waals surface area contributed by atoms with E-state index in [2.05, 4.69) is 5.32 Å². The maximum atomic E-state index is 13.6. The molecule has 5 aliphatic rings. The highest BCUT2D eigenvalue weighted by Crippen LogP contribution is 2.60. The Balaban J connectivity index is 1.38. The fourth-order valence-electron chi connectivity index (χ4n) is 6.68. The van der Waals surface area contributed by atoms with E-state index in [-0.39, 0.29) is 11.3 Å². The van der Waals surface area contributed by atoms with Gasteiger partial charge in [0.25, 0.3) is 0 Å². The Morgan fingerprint density at radius 2 is 1.83 bits per heavy atom. The maximum Gasteiger partial charge on any atom is 0.231 e. The van der Waals surface area contributed by atoms with E-state index >= 15 is 0 Å². The number of fused-ring (bicyclic) bond motifs is 1. The van der Waals surface area contributed by atoms with Crippen LogP contribution in [0.5, 0.6) is 0 Å². The van der Waals surface area contributed by atoms with Gasteiger partial charge in [-0.3, -0.25) is 9.00 Å². The molecule has 1 aliphatic heterocycles. The molecule has 5 nitrogen and oxygen atoms in total. The molecule has 4 aliphatic carbocycles. The van der Waals surface area contributed by atoms with Crippen LogP contribution in [0.15, 0.2) is 24.3 Å². The molecule has 1 atom stereocenters. The summed E-state index contributed by atoms with van der Waals surface area (Å²) in [5.74, 6) is 3.86. The zero-order valence-electron chi connectivity index (χ0n) is 16.2. The molecule has 7 rings (SSSR count). The number of benzene rings is 1. The molecule has 7 heteroatoms. The molecule has 4 bridgehead atoms. The van der Waals surface area contributed by atoms with Gasteiger partial charge >= 0.3 is 0 Å². The van der Waals surface area contributed by atoms with Gasteiger partial charge < -0.3 is 5.32 Å². The van der Waals surface area contributed by atoms with Crippen LogP contribution in [-0.4, -0.2) is 19.9 Å². The van der Waals surface area contributed by atoms with E-state index in [1.165, 1.54) is 19.3 Å². The van der Waals surface area contributed by atoms with Crippen molar-refractivity contribution in [1.29, 1.82) is 0 Å². The number of aromatic nitrogens is 2. The van der Waals surface area contributed by atoms with Gasteiger partial charge in [-0.25, -0.2) is 4.68 Å². The molecule has 2 aromatic rings. The molecule has 4 fully saturated rings. The molecule has 1 aromatic carbocycles. The quantitative estimate of drug-likeness (QED) is 0.784. The molecular weight excluding hydrogens is 406 g/mol. The second kappa shape index (κ2) is 6.42. The Labute approximate surface area is 177 Å². The second-order valence-corrected chi connectivity index (χ2v) is 11.4. The van der Waals surface area contributed by atoms with Crippen LogP contribution in [0.1, 0.15) is 49.8 Å². The Kier molecular flexibility index (Phi) is 4.01. The number of rotatable bonds is 3. The molecule has 152 valence electrons.